The minimum atomic E-state index is 0.686. The minimum absolute atomic E-state index is 0.686. The van der Waals surface area contributed by atoms with E-state index in [-0.39, 0.29) is 0 Å². The molecule has 1 heterocycles. The lowest BCUT2D eigenvalue weighted by Crippen LogP contribution is -1.98. The van der Waals surface area contributed by atoms with E-state index in [0.29, 0.717) is 5.82 Å². The Bertz CT molecular complexity index is 2980. The molecule has 0 saturated carbocycles. The molecule has 0 spiro atoms. The van der Waals surface area contributed by atoms with Gasteiger partial charge in [0, 0.05) is 16.7 Å². The molecule has 0 unspecified atom stereocenters. The fraction of sp³-hybridized carbons (Fsp3) is 0. The van der Waals surface area contributed by atoms with Gasteiger partial charge in [0.25, 0.3) is 0 Å². The van der Waals surface area contributed by atoms with Crippen LogP contribution in [0.4, 0.5) is 0 Å². The number of hydrogen-bond acceptors (Lipinski definition) is 2. The molecule has 0 N–H and O–H groups in total. The van der Waals surface area contributed by atoms with Crippen molar-refractivity contribution in [2.45, 2.75) is 0 Å². The summed E-state index contributed by atoms with van der Waals surface area (Å²) in [5.74, 6) is 0.686. The quantitative estimate of drug-likeness (QED) is 0.146. The highest BCUT2D eigenvalue weighted by atomic mass is 14.9. The van der Waals surface area contributed by atoms with Crippen molar-refractivity contribution in [1.82, 2.24) is 9.97 Å². The zero-order chi connectivity index (χ0) is 40.1. The monoisotopic (exact) mass is 764 g/mol. The van der Waals surface area contributed by atoms with Crippen LogP contribution in [0, 0.1) is 0 Å². The Labute approximate surface area is 351 Å². The molecule has 0 aliphatic heterocycles. The van der Waals surface area contributed by atoms with Crippen molar-refractivity contribution in [3.05, 3.63) is 243 Å². The van der Waals surface area contributed by atoms with Gasteiger partial charge in [0.15, 0.2) is 5.82 Å². The SMILES string of the molecule is c1ccc(-c2cc(-c3ccccc3)nc(-c3ccccc3-c3cccc(-c4cc(-c5ccccc5)c(-c5ccccc5)c(-c5ccccc5)c4-c4ccccc4)c3)n2)cc1. The molecule has 60 heavy (non-hydrogen) atoms. The summed E-state index contributed by atoms with van der Waals surface area (Å²) >= 11 is 0. The fourth-order valence-corrected chi connectivity index (χ4v) is 8.32. The maximum Gasteiger partial charge on any atom is 0.161 e. The predicted octanol–water partition coefficient (Wildman–Crippen LogP) is 15.5. The van der Waals surface area contributed by atoms with Crippen molar-refractivity contribution in [1.29, 1.82) is 0 Å². The summed E-state index contributed by atoms with van der Waals surface area (Å²) in [6.45, 7) is 0. The van der Waals surface area contributed by atoms with Crippen molar-refractivity contribution in [2.24, 2.45) is 0 Å². The Morgan fingerprint density at radius 3 is 1.00 bits per heavy atom. The molecule has 0 radical (unpaired) electrons. The largest absolute Gasteiger partial charge is 0.228 e. The predicted molar refractivity (Wildman–Crippen MR) is 251 cm³/mol. The van der Waals surface area contributed by atoms with Gasteiger partial charge < -0.3 is 0 Å². The third kappa shape index (κ3) is 7.23. The fourth-order valence-electron chi connectivity index (χ4n) is 8.32. The van der Waals surface area contributed by atoms with Crippen LogP contribution in [-0.4, -0.2) is 9.97 Å². The summed E-state index contributed by atoms with van der Waals surface area (Å²) in [6.07, 6.45) is 0. The Hall–Kier alpha value is -7.94. The molecule has 0 aliphatic rings. The first-order valence-electron chi connectivity index (χ1n) is 20.4. The average molecular weight is 765 g/mol. The Balaban J connectivity index is 1.22. The molecule has 0 atom stereocenters. The summed E-state index contributed by atoms with van der Waals surface area (Å²) in [5, 5.41) is 0. The van der Waals surface area contributed by atoms with Gasteiger partial charge in [-0.2, -0.15) is 0 Å². The zero-order valence-electron chi connectivity index (χ0n) is 33.0. The Morgan fingerprint density at radius 2 is 0.533 bits per heavy atom. The smallest absolute Gasteiger partial charge is 0.161 e. The third-order valence-corrected chi connectivity index (χ3v) is 11.1. The van der Waals surface area contributed by atoms with Crippen molar-refractivity contribution in [3.63, 3.8) is 0 Å². The van der Waals surface area contributed by atoms with Gasteiger partial charge in [0.1, 0.15) is 0 Å². The highest BCUT2D eigenvalue weighted by molar-refractivity contribution is 6.07. The van der Waals surface area contributed by atoms with Crippen LogP contribution in [0.1, 0.15) is 0 Å². The minimum Gasteiger partial charge on any atom is -0.228 e. The molecule has 0 bridgehead atoms. The van der Waals surface area contributed by atoms with E-state index >= 15 is 0 Å². The second-order valence-electron chi connectivity index (χ2n) is 14.9. The number of aromatic nitrogens is 2. The Kier molecular flexibility index (Phi) is 10.0. The normalized spacial score (nSPS) is 11.0. The van der Waals surface area contributed by atoms with Crippen LogP contribution in [0.5, 0.6) is 0 Å². The van der Waals surface area contributed by atoms with E-state index in [4.69, 9.17) is 9.97 Å². The molecule has 10 aromatic rings. The van der Waals surface area contributed by atoms with Crippen molar-refractivity contribution < 1.29 is 0 Å². The molecule has 10 rings (SSSR count). The van der Waals surface area contributed by atoms with E-state index in [1.54, 1.807) is 0 Å². The summed E-state index contributed by atoms with van der Waals surface area (Å²) in [4.78, 5) is 10.5. The molecule has 2 heteroatoms. The first-order chi connectivity index (χ1) is 29.8. The average Bonchev–Trinajstić information content (AvgIpc) is 3.35. The van der Waals surface area contributed by atoms with Crippen molar-refractivity contribution in [3.8, 4) is 101 Å². The standard InChI is InChI=1S/C58H40N2/c1-7-22-41(23-8-1)51-39-52(56(45-30-15-5-16-31-45)57(46-32-17-6-18-33-46)55(51)44-28-13-4-14-29-44)48-35-21-34-47(38-48)49-36-19-20-37-50(49)58-59-53(42-24-9-2-10-25-42)40-54(60-58)43-26-11-3-12-27-43/h1-40H. The Morgan fingerprint density at radius 1 is 0.200 bits per heavy atom. The summed E-state index contributed by atoms with van der Waals surface area (Å²) in [7, 11) is 0. The number of hydrogen-bond donors (Lipinski definition) is 0. The lowest BCUT2D eigenvalue weighted by Gasteiger charge is -2.24. The van der Waals surface area contributed by atoms with Gasteiger partial charge in [-0.1, -0.05) is 224 Å². The van der Waals surface area contributed by atoms with Gasteiger partial charge in [0.05, 0.1) is 11.4 Å². The molecule has 0 amide bonds. The van der Waals surface area contributed by atoms with Crippen LogP contribution in [0.25, 0.3) is 101 Å². The molecule has 0 saturated heterocycles. The maximum absolute atomic E-state index is 5.24. The highest BCUT2D eigenvalue weighted by Gasteiger charge is 2.24. The van der Waals surface area contributed by atoms with E-state index in [9.17, 15) is 0 Å². The van der Waals surface area contributed by atoms with Crippen LogP contribution in [0.3, 0.4) is 0 Å². The highest BCUT2D eigenvalue weighted by Crippen LogP contribution is 2.50. The number of rotatable bonds is 9. The van der Waals surface area contributed by atoms with E-state index in [0.717, 1.165) is 55.9 Å². The first kappa shape index (κ1) is 36.4. The van der Waals surface area contributed by atoms with Crippen LogP contribution in [-0.2, 0) is 0 Å². The van der Waals surface area contributed by atoms with Crippen LogP contribution in [0.2, 0.25) is 0 Å². The molecule has 0 aliphatic carbocycles. The summed E-state index contributed by atoms with van der Waals surface area (Å²) in [5.41, 5.74) is 18.7. The summed E-state index contributed by atoms with van der Waals surface area (Å²) < 4.78 is 0. The second-order valence-corrected chi connectivity index (χ2v) is 14.9. The van der Waals surface area contributed by atoms with E-state index < -0.39 is 0 Å². The molecular weight excluding hydrogens is 725 g/mol. The molecular formula is C58H40N2. The van der Waals surface area contributed by atoms with E-state index in [1.807, 2.05) is 12.1 Å². The molecule has 0 fully saturated rings. The topological polar surface area (TPSA) is 25.8 Å². The second kappa shape index (κ2) is 16.5. The molecule has 282 valence electrons. The van der Waals surface area contributed by atoms with Crippen LogP contribution >= 0.6 is 0 Å². The maximum atomic E-state index is 5.24. The summed E-state index contributed by atoms with van der Waals surface area (Å²) in [6, 6.07) is 86.1. The first-order valence-corrected chi connectivity index (χ1v) is 20.4. The zero-order valence-corrected chi connectivity index (χ0v) is 33.0. The van der Waals surface area contributed by atoms with Gasteiger partial charge in [-0.25, -0.2) is 9.97 Å². The lowest BCUT2D eigenvalue weighted by molar-refractivity contribution is 1.18. The number of benzene rings is 9. The van der Waals surface area contributed by atoms with Crippen molar-refractivity contribution >= 4 is 0 Å². The lowest BCUT2D eigenvalue weighted by atomic mass is 9.78. The van der Waals surface area contributed by atoms with Gasteiger partial charge >= 0.3 is 0 Å². The third-order valence-electron chi connectivity index (χ3n) is 11.1. The van der Waals surface area contributed by atoms with E-state index in [1.165, 1.54) is 38.9 Å². The van der Waals surface area contributed by atoms with Crippen LogP contribution < -0.4 is 0 Å². The van der Waals surface area contributed by atoms with Gasteiger partial charge in [-0.05, 0) is 85.0 Å². The van der Waals surface area contributed by atoms with Crippen LogP contribution in [0.15, 0.2) is 243 Å². The molecule has 2 nitrogen and oxygen atoms in total. The van der Waals surface area contributed by atoms with Crippen molar-refractivity contribution in [2.75, 3.05) is 0 Å². The molecule has 9 aromatic carbocycles. The van der Waals surface area contributed by atoms with Gasteiger partial charge in [-0.15, -0.1) is 0 Å². The van der Waals surface area contributed by atoms with Gasteiger partial charge in [0.2, 0.25) is 0 Å². The molecule has 1 aromatic heterocycles. The number of nitrogens with zero attached hydrogens (tertiary/aromatic N) is 2. The van der Waals surface area contributed by atoms with Gasteiger partial charge in [-0.3, -0.25) is 0 Å². The van der Waals surface area contributed by atoms with E-state index in [2.05, 4.69) is 231 Å².